The van der Waals surface area contributed by atoms with Gasteiger partial charge in [0.05, 0.1) is 11.4 Å². The number of nitrogens with zero attached hydrogens (tertiary/aromatic N) is 3. The molecular weight excluding hydrogens is 375 g/mol. The summed E-state index contributed by atoms with van der Waals surface area (Å²) in [6.07, 6.45) is 2.10. The Labute approximate surface area is 170 Å². The van der Waals surface area contributed by atoms with Crippen LogP contribution in [-0.2, 0) is 11.2 Å². The van der Waals surface area contributed by atoms with Gasteiger partial charge in [-0.15, -0.1) is 0 Å². The van der Waals surface area contributed by atoms with Crippen molar-refractivity contribution in [2.45, 2.75) is 32.8 Å². The lowest BCUT2D eigenvalue weighted by molar-refractivity contribution is 0.0529. The maximum atomic E-state index is 13.0. The maximum Gasteiger partial charge on any atom is 0.407 e. The Balaban J connectivity index is 1.68. The Morgan fingerprint density at radius 3 is 2.41 bits per heavy atom. The number of hydrogen-bond donors (Lipinski definition) is 3. The standard InChI is InChI=1S/C20H29FN6O2/c1-20(2,3)29-19(28)25-13-12-24-18(22-4)23-11-9-16-10-14-27(26-16)17-7-5-15(21)6-8-17/h5-8,10,14H,9,11-13H2,1-4H3,(H,25,28)(H2,22,23,24). The molecule has 158 valence electrons. The summed E-state index contributed by atoms with van der Waals surface area (Å²) in [5.41, 5.74) is 1.20. The summed E-state index contributed by atoms with van der Waals surface area (Å²) in [6, 6.07) is 8.10. The van der Waals surface area contributed by atoms with E-state index in [0.29, 0.717) is 32.0 Å². The second-order valence-electron chi connectivity index (χ2n) is 7.33. The third-order valence-corrected chi connectivity index (χ3v) is 3.72. The SMILES string of the molecule is CN=C(NCCNC(=O)OC(C)(C)C)NCCc1ccn(-c2ccc(F)cc2)n1. The molecule has 3 N–H and O–H groups in total. The van der Waals surface area contributed by atoms with Gasteiger partial charge in [0.15, 0.2) is 5.96 Å². The maximum absolute atomic E-state index is 13.0. The molecule has 0 aliphatic carbocycles. The van der Waals surface area contributed by atoms with Crippen LogP contribution in [0.3, 0.4) is 0 Å². The highest BCUT2D eigenvalue weighted by Crippen LogP contribution is 2.09. The summed E-state index contributed by atoms with van der Waals surface area (Å²) in [7, 11) is 1.68. The summed E-state index contributed by atoms with van der Waals surface area (Å²) in [4.78, 5) is 15.7. The van der Waals surface area contributed by atoms with E-state index in [-0.39, 0.29) is 5.82 Å². The number of rotatable bonds is 7. The Morgan fingerprint density at radius 2 is 1.76 bits per heavy atom. The molecule has 0 unspecified atom stereocenters. The van der Waals surface area contributed by atoms with Crippen LogP contribution >= 0.6 is 0 Å². The number of ether oxygens (including phenoxy) is 1. The van der Waals surface area contributed by atoms with Gasteiger partial charge in [-0.05, 0) is 51.1 Å². The lowest BCUT2D eigenvalue weighted by atomic mass is 10.2. The summed E-state index contributed by atoms with van der Waals surface area (Å²) < 4.78 is 19.9. The zero-order chi connectivity index (χ0) is 21.3. The molecule has 2 aromatic rings. The first kappa shape index (κ1) is 22.2. The number of alkyl carbamates (subject to hydrolysis) is 1. The van der Waals surface area contributed by atoms with Crippen molar-refractivity contribution in [3.8, 4) is 5.69 Å². The van der Waals surface area contributed by atoms with Crippen LogP contribution in [0, 0.1) is 5.82 Å². The average Bonchev–Trinajstić information content (AvgIpc) is 3.11. The van der Waals surface area contributed by atoms with Gasteiger partial charge in [-0.3, -0.25) is 4.99 Å². The predicted octanol–water partition coefficient (Wildman–Crippen LogP) is 2.24. The average molecular weight is 404 g/mol. The van der Waals surface area contributed by atoms with E-state index in [1.807, 2.05) is 33.0 Å². The molecule has 8 nitrogen and oxygen atoms in total. The topological polar surface area (TPSA) is 92.6 Å². The number of carbonyl (C=O) groups is 1. The zero-order valence-corrected chi connectivity index (χ0v) is 17.3. The van der Waals surface area contributed by atoms with Crippen LogP contribution in [0.25, 0.3) is 5.69 Å². The molecule has 1 heterocycles. The molecule has 29 heavy (non-hydrogen) atoms. The first-order valence-corrected chi connectivity index (χ1v) is 9.49. The van der Waals surface area contributed by atoms with E-state index in [4.69, 9.17) is 4.74 Å². The second kappa shape index (κ2) is 10.4. The fourth-order valence-corrected chi connectivity index (χ4v) is 2.42. The van der Waals surface area contributed by atoms with E-state index in [2.05, 4.69) is 26.0 Å². The van der Waals surface area contributed by atoms with Crippen LogP contribution in [0.2, 0.25) is 0 Å². The van der Waals surface area contributed by atoms with Crippen molar-refractivity contribution >= 4 is 12.1 Å². The highest BCUT2D eigenvalue weighted by molar-refractivity contribution is 5.79. The Bertz CT molecular complexity index is 811. The monoisotopic (exact) mass is 404 g/mol. The van der Waals surface area contributed by atoms with E-state index >= 15 is 0 Å². The second-order valence-corrected chi connectivity index (χ2v) is 7.33. The molecule has 0 saturated carbocycles. The zero-order valence-electron chi connectivity index (χ0n) is 17.3. The van der Waals surface area contributed by atoms with E-state index in [1.54, 1.807) is 23.9 Å². The largest absolute Gasteiger partial charge is 0.444 e. The Kier molecular flexibility index (Phi) is 7.99. The van der Waals surface area contributed by atoms with Gasteiger partial charge in [-0.25, -0.2) is 13.9 Å². The molecule has 0 atom stereocenters. The van der Waals surface area contributed by atoms with Crippen molar-refractivity contribution in [1.29, 1.82) is 0 Å². The number of benzene rings is 1. The van der Waals surface area contributed by atoms with Gasteiger partial charge in [0.2, 0.25) is 0 Å². The summed E-state index contributed by atoms with van der Waals surface area (Å²) in [5.74, 6) is 0.361. The fourth-order valence-electron chi connectivity index (χ4n) is 2.42. The molecule has 0 aliphatic rings. The van der Waals surface area contributed by atoms with Gasteiger partial charge in [0, 0.05) is 39.3 Å². The van der Waals surface area contributed by atoms with Crippen molar-refractivity contribution in [2.24, 2.45) is 4.99 Å². The number of hydrogen-bond acceptors (Lipinski definition) is 4. The van der Waals surface area contributed by atoms with Crippen LogP contribution in [0.15, 0.2) is 41.5 Å². The van der Waals surface area contributed by atoms with Gasteiger partial charge in [0.1, 0.15) is 11.4 Å². The molecule has 1 aromatic carbocycles. The molecule has 9 heteroatoms. The molecular formula is C20H29FN6O2. The number of aliphatic imine (C=N–C) groups is 1. The van der Waals surface area contributed by atoms with Crippen LogP contribution < -0.4 is 16.0 Å². The minimum Gasteiger partial charge on any atom is -0.444 e. The highest BCUT2D eigenvalue weighted by Gasteiger charge is 2.15. The number of nitrogens with one attached hydrogen (secondary N) is 3. The first-order valence-electron chi connectivity index (χ1n) is 9.49. The lowest BCUT2D eigenvalue weighted by Crippen LogP contribution is -2.43. The minimum absolute atomic E-state index is 0.273. The third kappa shape index (κ3) is 8.20. The van der Waals surface area contributed by atoms with Crippen molar-refractivity contribution < 1.29 is 13.9 Å². The third-order valence-electron chi connectivity index (χ3n) is 3.72. The minimum atomic E-state index is -0.515. The van der Waals surface area contributed by atoms with E-state index in [0.717, 1.165) is 11.4 Å². The highest BCUT2D eigenvalue weighted by atomic mass is 19.1. The van der Waals surface area contributed by atoms with Crippen LogP contribution in [-0.4, -0.2) is 54.1 Å². The lowest BCUT2D eigenvalue weighted by Gasteiger charge is -2.19. The van der Waals surface area contributed by atoms with E-state index in [9.17, 15) is 9.18 Å². The van der Waals surface area contributed by atoms with Crippen LogP contribution in [0.5, 0.6) is 0 Å². The summed E-state index contributed by atoms with van der Waals surface area (Å²) in [6.45, 7) is 7.02. The predicted molar refractivity (Wildman–Crippen MR) is 111 cm³/mol. The first-order chi connectivity index (χ1) is 13.8. The van der Waals surface area contributed by atoms with Crippen molar-refractivity contribution in [2.75, 3.05) is 26.7 Å². The number of guanidine groups is 1. The summed E-state index contributed by atoms with van der Waals surface area (Å²) in [5, 5.41) is 13.5. The fraction of sp³-hybridized carbons (Fsp3) is 0.450. The molecule has 0 radical (unpaired) electrons. The van der Waals surface area contributed by atoms with Crippen molar-refractivity contribution in [1.82, 2.24) is 25.7 Å². The molecule has 0 spiro atoms. The number of halogens is 1. The van der Waals surface area contributed by atoms with Crippen molar-refractivity contribution in [3.05, 3.63) is 48.0 Å². The summed E-state index contributed by atoms with van der Waals surface area (Å²) >= 11 is 0. The van der Waals surface area contributed by atoms with Gasteiger partial charge in [-0.1, -0.05) is 0 Å². The smallest absolute Gasteiger partial charge is 0.407 e. The number of amides is 1. The molecule has 0 fully saturated rings. The molecule has 0 saturated heterocycles. The van der Waals surface area contributed by atoms with Gasteiger partial charge in [-0.2, -0.15) is 5.10 Å². The number of aromatic nitrogens is 2. The number of carbonyl (C=O) groups excluding carboxylic acids is 1. The van der Waals surface area contributed by atoms with Gasteiger partial charge in [0.25, 0.3) is 0 Å². The van der Waals surface area contributed by atoms with E-state index < -0.39 is 11.7 Å². The quantitative estimate of drug-likeness (QED) is 0.374. The van der Waals surface area contributed by atoms with Gasteiger partial charge >= 0.3 is 6.09 Å². The molecule has 0 aliphatic heterocycles. The van der Waals surface area contributed by atoms with Gasteiger partial charge < -0.3 is 20.7 Å². The van der Waals surface area contributed by atoms with Crippen LogP contribution in [0.4, 0.5) is 9.18 Å². The molecule has 1 amide bonds. The van der Waals surface area contributed by atoms with Crippen molar-refractivity contribution in [3.63, 3.8) is 0 Å². The van der Waals surface area contributed by atoms with Crippen LogP contribution in [0.1, 0.15) is 26.5 Å². The molecule has 2 rings (SSSR count). The normalized spacial score (nSPS) is 11.8. The Morgan fingerprint density at radius 1 is 1.10 bits per heavy atom. The van der Waals surface area contributed by atoms with E-state index in [1.165, 1.54) is 12.1 Å². The molecule has 0 bridgehead atoms. The molecule has 1 aromatic heterocycles. The Hall–Kier alpha value is -3.10.